The first-order chi connectivity index (χ1) is 14.6. The summed E-state index contributed by atoms with van der Waals surface area (Å²) in [7, 11) is 0. The van der Waals surface area contributed by atoms with Crippen molar-refractivity contribution in [1.82, 2.24) is 10.2 Å². The zero-order valence-electron chi connectivity index (χ0n) is 17.9. The summed E-state index contributed by atoms with van der Waals surface area (Å²) >= 11 is 5.21. The molecule has 0 aliphatic carbocycles. The molecule has 1 saturated heterocycles. The lowest BCUT2D eigenvalue weighted by Gasteiger charge is -2.36. The number of carbonyl (C=O) groups is 2. The summed E-state index contributed by atoms with van der Waals surface area (Å²) in [5.74, 6) is -0.915. The van der Waals surface area contributed by atoms with E-state index in [4.69, 9.17) is 12.2 Å². The van der Waals surface area contributed by atoms with Gasteiger partial charge in [-0.3, -0.25) is 9.59 Å². The van der Waals surface area contributed by atoms with Crippen molar-refractivity contribution in [3.05, 3.63) is 59.9 Å². The maximum absolute atomic E-state index is 13.9. The molecule has 2 aromatic rings. The molecule has 1 aliphatic heterocycles. The third kappa shape index (κ3) is 5.79. The summed E-state index contributed by atoms with van der Waals surface area (Å²) in [4.78, 5) is 28.4. The molecule has 31 heavy (non-hydrogen) atoms. The van der Waals surface area contributed by atoms with E-state index in [9.17, 15) is 14.0 Å². The highest BCUT2D eigenvalue weighted by Crippen LogP contribution is 2.21. The lowest BCUT2D eigenvalue weighted by molar-refractivity contribution is -0.126. The molecule has 2 N–H and O–H groups in total. The van der Waals surface area contributed by atoms with E-state index in [1.54, 1.807) is 17.0 Å². The summed E-state index contributed by atoms with van der Waals surface area (Å²) in [6, 6.07) is 13.8. The van der Waals surface area contributed by atoms with E-state index in [1.807, 2.05) is 45.0 Å². The quantitative estimate of drug-likeness (QED) is 0.711. The number of benzene rings is 2. The number of thiocarbonyl (C=S) groups is 1. The van der Waals surface area contributed by atoms with E-state index in [1.165, 1.54) is 12.1 Å². The van der Waals surface area contributed by atoms with Crippen LogP contribution in [0.15, 0.2) is 48.5 Å². The van der Waals surface area contributed by atoms with Gasteiger partial charge in [-0.15, -0.1) is 0 Å². The number of nitrogens with one attached hydrogen (secondary N) is 2. The molecule has 8 heteroatoms. The van der Waals surface area contributed by atoms with Gasteiger partial charge in [0.2, 0.25) is 5.91 Å². The second kappa shape index (κ2) is 9.43. The van der Waals surface area contributed by atoms with Gasteiger partial charge < -0.3 is 20.4 Å². The zero-order chi connectivity index (χ0) is 22.6. The van der Waals surface area contributed by atoms with Crippen LogP contribution in [-0.4, -0.2) is 48.0 Å². The molecule has 0 aromatic heterocycles. The van der Waals surface area contributed by atoms with E-state index in [0.717, 1.165) is 11.4 Å². The van der Waals surface area contributed by atoms with Crippen LogP contribution in [0.2, 0.25) is 0 Å². The molecule has 0 saturated carbocycles. The number of hydrogen-bond donors (Lipinski definition) is 2. The Kier molecular flexibility index (Phi) is 6.90. The summed E-state index contributed by atoms with van der Waals surface area (Å²) < 4.78 is 13.9. The summed E-state index contributed by atoms with van der Waals surface area (Å²) in [5.41, 5.74) is 1.39. The standard InChI is InChI=1S/C23H27FN4O2S/c1-23(2,3)21(30)26-22(31)25-16-8-10-17(11-9-16)27-12-14-28(15-13-27)20(29)18-6-4-5-7-19(18)24/h4-11H,12-15H2,1-3H3,(H2,25,26,30,31). The highest BCUT2D eigenvalue weighted by Gasteiger charge is 2.24. The van der Waals surface area contributed by atoms with Crippen molar-refractivity contribution >= 4 is 40.5 Å². The van der Waals surface area contributed by atoms with Crippen LogP contribution in [0.5, 0.6) is 0 Å². The number of amides is 2. The number of carbonyl (C=O) groups excluding carboxylic acids is 2. The van der Waals surface area contributed by atoms with Crippen LogP contribution in [0.1, 0.15) is 31.1 Å². The molecular weight excluding hydrogens is 415 g/mol. The van der Waals surface area contributed by atoms with E-state index < -0.39 is 11.2 Å². The molecule has 6 nitrogen and oxygen atoms in total. The largest absolute Gasteiger partial charge is 0.368 e. The lowest BCUT2D eigenvalue weighted by Crippen LogP contribution is -2.49. The second-order valence-electron chi connectivity index (χ2n) is 8.46. The minimum Gasteiger partial charge on any atom is -0.368 e. The number of hydrogen-bond acceptors (Lipinski definition) is 4. The predicted octanol–water partition coefficient (Wildman–Crippen LogP) is 3.65. The number of rotatable bonds is 3. The summed E-state index contributed by atoms with van der Waals surface area (Å²) in [5, 5.41) is 5.96. The Balaban J connectivity index is 1.53. The Morgan fingerprint density at radius 1 is 0.968 bits per heavy atom. The first-order valence-corrected chi connectivity index (χ1v) is 10.6. The number of nitrogens with zero attached hydrogens (tertiary/aromatic N) is 2. The van der Waals surface area contributed by atoms with Gasteiger partial charge in [-0.1, -0.05) is 32.9 Å². The maximum atomic E-state index is 13.9. The van der Waals surface area contributed by atoms with Crippen molar-refractivity contribution in [2.45, 2.75) is 20.8 Å². The Hall–Kier alpha value is -3.00. The van der Waals surface area contributed by atoms with Crippen LogP contribution in [0.25, 0.3) is 0 Å². The Morgan fingerprint density at radius 3 is 2.16 bits per heavy atom. The molecule has 1 fully saturated rings. The van der Waals surface area contributed by atoms with Gasteiger partial charge in [-0.05, 0) is 48.6 Å². The molecule has 2 aromatic carbocycles. The molecule has 1 heterocycles. The molecule has 3 rings (SSSR count). The smallest absolute Gasteiger partial charge is 0.256 e. The average molecular weight is 443 g/mol. The van der Waals surface area contributed by atoms with Gasteiger partial charge >= 0.3 is 0 Å². The van der Waals surface area contributed by atoms with Gasteiger partial charge in [-0.25, -0.2) is 4.39 Å². The molecule has 164 valence electrons. The fourth-order valence-corrected chi connectivity index (χ4v) is 3.39. The third-order valence-corrected chi connectivity index (χ3v) is 5.27. The van der Waals surface area contributed by atoms with E-state index in [-0.39, 0.29) is 22.5 Å². The molecule has 0 atom stereocenters. The van der Waals surface area contributed by atoms with E-state index >= 15 is 0 Å². The second-order valence-corrected chi connectivity index (χ2v) is 8.87. The Labute approximate surface area is 187 Å². The molecule has 0 unspecified atom stereocenters. The van der Waals surface area contributed by atoms with Crippen LogP contribution < -0.4 is 15.5 Å². The topological polar surface area (TPSA) is 64.7 Å². The van der Waals surface area contributed by atoms with Crippen molar-refractivity contribution in [2.75, 3.05) is 36.4 Å². The van der Waals surface area contributed by atoms with Crippen molar-refractivity contribution in [3.8, 4) is 0 Å². The van der Waals surface area contributed by atoms with Crippen LogP contribution in [0.3, 0.4) is 0 Å². The van der Waals surface area contributed by atoms with Gasteiger partial charge in [0.15, 0.2) is 5.11 Å². The lowest BCUT2D eigenvalue weighted by atomic mass is 9.96. The van der Waals surface area contributed by atoms with Crippen LogP contribution in [0, 0.1) is 11.2 Å². The third-order valence-electron chi connectivity index (χ3n) is 5.07. The fraction of sp³-hybridized carbons (Fsp3) is 0.348. The minimum absolute atomic E-state index is 0.112. The van der Waals surface area contributed by atoms with Crippen molar-refractivity contribution < 1.29 is 14.0 Å². The first-order valence-electron chi connectivity index (χ1n) is 10.2. The SMILES string of the molecule is CC(C)(C)C(=O)NC(=S)Nc1ccc(N2CCN(C(=O)c3ccccc3F)CC2)cc1. The van der Waals surface area contributed by atoms with Gasteiger partial charge in [-0.2, -0.15) is 0 Å². The molecule has 0 spiro atoms. The predicted molar refractivity (Wildman–Crippen MR) is 125 cm³/mol. The highest BCUT2D eigenvalue weighted by atomic mass is 32.1. The first kappa shape index (κ1) is 22.7. The normalized spacial score (nSPS) is 14.2. The van der Waals surface area contributed by atoms with Crippen LogP contribution >= 0.6 is 12.2 Å². The molecular formula is C23H27FN4O2S. The highest BCUT2D eigenvalue weighted by molar-refractivity contribution is 7.80. The maximum Gasteiger partial charge on any atom is 0.256 e. The van der Waals surface area contributed by atoms with Gasteiger partial charge in [0.05, 0.1) is 5.56 Å². The van der Waals surface area contributed by atoms with Gasteiger partial charge in [0, 0.05) is 43.0 Å². The number of anilines is 2. The number of halogens is 1. The van der Waals surface area contributed by atoms with Gasteiger partial charge in [0.25, 0.3) is 5.91 Å². The molecule has 0 bridgehead atoms. The average Bonchev–Trinajstić information content (AvgIpc) is 2.73. The summed E-state index contributed by atoms with van der Waals surface area (Å²) in [6.07, 6.45) is 0. The molecule has 1 aliphatic rings. The summed E-state index contributed by atoms with van der Waals surface area (Å²) in [6.45, 7) is 7.84. The Bertz CT molecular complexity index is 964. The Morgan fingerprint density at radius 2 is 1.58 bits per heavy atom. The van der Waals surface area contributed by atoms with E-state index in [2.05, 4.69) is 15.5 Å². The molecule has 0 radical (unpaired) electrons. The van der Waals surface area contributed by atoms with Crippen molar-refractivity contribution in [2.24, 2.45) is 5.41 Å². The number of piperazine rings is 1. The monoisotopic (exact) mass is 442 g/mol. The zero-order valence-corrected chi connectivity index (χ0v) is 18.8. The minimum atomic E-state index is -0.522. The molecule has 2 amide bonds. The van der Waals surface area contributed by atoms with Crippen LogP contribution in [0.4, 0.5) is 15.8 Å². The van der Waals surface area contributed by atoms with Gasteiger partial charge in [0.1, 0.15) is 5.82 Å². The van der Waals surface area contributed by atoms with Crippen molar-refractivity contribution in [1.29, 1.82) is 0 Å². The fourth-order valence-electron chi connectivity index (χ4n) is 3.18. The van der Waals surface area contributed by atoms with Crippen molar-refractivity contribution in [3.63, 3.8) is 0 Å². The van der Waals surface area contributed by atoms with E-state index in [0.29, 0.717) is 26.2 Å². The van der Waals surface area contributed by atoms with Crippen LogP contribution in [-0.2, 0) is 4.79 Å².